The van der Waals surface area contributed by atoms with Gasteiger partial charge in [-0.05, 0) is 37.1 Å². The van der Waals surface area contributed by atoms with Crippen molar-refractivity contribution in [3.05, 3.63) is 29.8 Å². The molecule has 0 radical (unpaired) electrons. The van der Waals surface area contributed by atoms with E-state index in [1.54, 1.807) is 0 Å². The second kappa shape index (κ2) is 8.60. The normalized spacial score (nSPS) is 12.9. The maximum atomic E-state index is 3.47. The van der Waals surface area contributed by atoms with Crippen molar-refractivity contribution in [1.82, 2.24) is 5.32 Å². The molecule has 1 N–H and O–H groups in total. The molecule has 1 rings (SSSR count). The highest BCUT2D eigenvalue weighted by molar-refractivity contribution is 7.99. The molecular formula is C16H27NS. The molecule has 0 fully saturated rings. The fourth-order valence-electron chi connectivity index (χ4n) is 2.04. The Morgan fingerprint density at radius 2 is 1.89 bits per heavy atom. The van der Waals surface area contributed by atoms with Crippen LogP contribution in [0.5, 0.6) is 0 Å². The van der Waals surface area contributed by atoms with Crippen LogP contribution in [0.2, 0.25) is 0 Å². The third-order valence-electron chi connectivity index (χ3n) is 3.51. The van der Waals surface area contributed by atoms with Crippen LogP contribution >= 0.6 is 11.8 Å². The highest BCUT2D eigenvalue weighted by Crippen LogP contribution is 2.26. The molecule has 1 aromatic carbocycles. The zero-order valence-electron chi connectivity index (χ0n) is 12.2. The summed E-state index contributed by atoms with van der Waals surface area (Å²) in [6, 6.07) is 9.41. The Balaban J connectivity index is 2.59. The molecular weight excluding hydrogens is 238 g/mol. The van der Waals surface area contributed by atoms with Crippen LogP contribution < -0.4 is 5.32 Å². The lowest BCUT2D eigenvalue weighted by Crippen LogP contribution is -2.17. The van der Waals surface area contributed by atoms with Crippen molar-refractivity contribution < 1.29 is 0 Å². The first-order valence-corrected chi connectivity index (χ1v) is 8.15. The molecule has 0 saturated carbocycles. The lowest BCUT2D eigenvalue weighted by molar-refractivity contribution is 0.554. The fraction of sp³-hybridized carbons (Fsp3) is 0.625. The Hall–Kier alpha value is -0.470. The van der Waals surface area contributed by atoms with Crippen molar-refractivity contribution in [2.45, 2.75) is 51.5 Å². The molecule has 0 aliphatic carbocycles. The summed E-state index contributed by atoms with van der Waals surface area (Å²) in [5, 5.41) is 3.47. The van der Waals surface area contributed by atoms with Gasteiger partial charge in [-0.2, -0.15) is 0 Å². The van der Waals surface area contributed by atoms with Crippen LogP contribution in [0.15, 0.2) is 29.2 Å². The lowest BCUT2D eigenvalue weighted by atomic mass is 10.1. The Kier molecular flexibility index (Phi) is 7.45. The van der Waals surface area contributed by atoms with Gasteiger partial charge in [-0.25, -0.2) is 0 Å². The van der Waals surface area contributed by atoms with Crippen LogP contribution in [-0.4, -0.2) is 12.3 Å². The molecule has 102 valence electrons. The van der Waals surface area contributed by atoms with E-state index < -0.39 is 0 Å². The molecule has 18 heavy (non-hydrogen) atoms. The first kappa shape index (κ1) is 15.6. The summed E-state index contributed by atoms with van der Waals surface area (Å²) < 4.78 is 0. The summed E-state index contributed by atoms with van der Waals surface area (Å²) in [7, 11) is 0. The highest BCUT2D eigenvalue weighted by Gasteiger charge is 2.07. The summed E-state index contributed by atoms with van der Waals surface area (Å²) in [6.07, 6.45) is 2.58. The predicted octanol–water partition coefficient (Wildman–Crippen LogP) is 4.89. The standard InChI is InChI=1S/C16H27NS/c1-5-14(6-2)12-18-16-10-8-9-15(11-16)13(4)17-7-3/h8-11,13-14,17H,5-7,12H2,1-4H3. The number of benzene rings is 1. The minimum atomic E-state index is 0.448. The van der Waals surface area contributed by atoms with E-state index in [1.165, 1.54) is 29.1 Å². The van der Waals surface area contributed by atoms with Crippen molar-refractivity contribution >= 4 is 11.8 Å². The van der Waals surface area contributed by atoms with E-state index in [0.29, 0.717) is 6.04 Å². The third-order valence-corrected chi connectivity index (χ3v) is 4.73. The van der Waals surface area contributed by atoms with Crippen LogP contribution in [0, 0.1) is 5.92 Å². The molecule has 0 aliphatic rings. The van der Waals surface area contributed by atoms with Crippen LogP contribution in [-0.2, 0) is 0 Å². The van der Waals surface area contributed by atoms with Gasteiger partial charge in [0.2, 0.25) is 0 Å². The largest absolute Gasteiger partial charge is 0.310 e. The first-order chi connectivity index (χ1) is 8.71. The molecule has 0 saturated heterocycles. The van der Waals surface area contributed by atoms with E-state index in [0.717, 1.165) is 12.5 Å². The van der Waals surface area contributed by atoms with Crippen LogP contribution in [0.1, 0.15) is 52.1 Å². The molecule has 0 heterocycles. The Morgan fingerprint density at radius 3 is 2.50 bits per heavy atom. The third kappa shape index (κ3) is 5.03. The van der Waals surface area contributed by atoms with Crippen molar-refractivity contribution in [3.63, 3.8) is 0 Å². The van der Waals surface area contributed by atoms with E-state index in [-0.39, 0.29) is 0 Å². The van der Waals surface area contributed by atoms with Crippen LogP contribution in [0.3, 0.4) is 0 Å². The quantitative estimate of drug-likeness (QED) is 0.672. The maximum absolute atomic E-state index is 3.47. The van der Waals surface area contributed by atoms with Gasteiger partial charge in [-0.1, -0.05) is 45.7 Å². The van der Waals surface area contributed by atoms with Gasteiger partial charge in [0.25, 0.3) is 0 Å². The fourth-order valence-corrected chi connectivity index (χ4v) is 3.33. The molecule has 1 aromatic rings. The van der Waals surface area contributed by atoms with Crippen molar-refractivity contribution in [2.75, 3.05) is 12.3 Å². The van der Waals surface area contributed by atoms with Gasteiger partial charge in [0.1, 0.15) is 0 Å². The summed E-state index contributed by atoms with van der Waals surface area (Å²) in [5.74, 6) is 2.09. The van der Waals surface area contributed by atoms with Crippen molar-refractivity contribution in [1.29, 1.82) is 0 Å². The van der Waals surface area contributed by atoms with Gasteiger partial charge < -0.3 is 5.32 Å². The number of thioether (sulfide) groups is 1. The summed E-state index contributed by atoms with van der Waals surface area (Å²) in [4.78, 5) is 1.41. The van der Waals surface area contributed by atoms with Gasteiger partial charge in [-0.3, -0.25) is 0 Å². The van der Waals surface area contributed by atoms with Crippen LogP contribution in [0.4, 0.5) is 0 Å². The monoisotopic (exact) mass is 265 g/mol. The smallest absolute Gasteiger partial charge is 0.0292 e. The molecule has 1 unspecified atom stereocenters. The van der Waals surface area contributed by atoms with Crippen molar-refractivity contribution in [3.8, 4) is 0 Å². The minimum absolute atomic E-state index is 0.448. The molecule has 0 aromatic heterocycles. The zero-order valence-corrected chi connectivity index (χ0v) is 13.0. The molecule has 2 heteroatoms. The number of hydrogen-bond acceptors (Lipinski definition) is 2. The number of hydrogen-bond donors (Lipinski definition) is 1. The zero-order chi connectivity index (χ0) is 13.4. The Labute approximate surface area is 117 Å². The first-order valence-electron chi connectivity index (χ1n) is 7.17. The molecule has 0 spiro atoms. The molecule has 0 amide bonds. The van der Waals surface area contributed by atoms with Gasteiger partial charge in [-0.15, -0.1) is 11.8 Å². The summed E-state index contributed by atoms with van der Waals surface area (Å²) in [5.41, 5.74) is 1.39. The van der Waals surface area contributed by atoms with Crippen LogP contribution in [0.25, 0.3) is 0 Å². The van der Waals surface area contributed by atoms with Gasteiger partial charge in [0, 0.05) is 16.7 Å². The Bertz CT molecular complexity index is 334. The molecule has 1 nitrogen and oxygen atoms in total. The van der Waals surface area contributed by atoms with E-state index in [9.17, 15) is 0 Å². The molecule has 0 aliphatic heterocycles. The topological polar surface area (TPSA) is 12.0 Å². The molecule has 1 atom stereocenters. The van der Waals surface area contributed by atoms with Gasteiger partial charge in [0.05, 0.1) is 0 Å². The van der Waals surface area contributed by atoms with Gasteiger partial charge >= 0.3 is 0 Å². The van der Waals surface area contributed by atoms with E-state index >= 15 is 0 Å². The summed E-state index contributed by atoms with van der Waals surface area (Å²) >= 11 is 2.00. The van der Waals surface area contributed by atoms with Crippen molar-refractivity contribution in [2.24, 2.45) is 5.92 Å². The van der Waals surface area contributed by atoms with Gasteiger partial charge in [0.15, 0.2) is 0 Å². The SMILES string of the molecule is CCNC(C)c1cccc(SCC(CC)CC)c1. The second-order valence-electron chi connectivity index (χ2n) is 4.85. The predicted molar refractivity (Wildman–Crippen MR) is 83.3 cm³/mol. The lowest BCUT2D eigenvalue weighted by Gasteiger charge is -2.15. The van der Waals surface area contributed by atoms with E-state index in [1.807, 2.05) is 11.8 Å². The minimum Gasteiger partial charge on any atom is -0.310 e. The Morgan fingerprint density at radius 1 is 1.17 bits per heavy atom. The van der Waals surface area contributed by atoms with E-state index in [2.05, 4.69) is 57.3 Å². The maximum Gasteiger partial charge on any atom is 0.0292 e. The van der Waals surface area contributed by atoms with E-state index in [4.69, 9.17) is 0 Å². The number of rotatable bonds is 8. The summed E-state index contributed by atoms with van der Waals surface area (Å²) in [6.45, 7) is 9.99. The average molecular weight is 265 g/mol. The number of nitrogens with one attached hydrogen (secondary N) is 1. The average Bonchev–Trinajstić information content (AvgIpc) is 2.40. The second-order valence-corrected chi connectivity index (χ2v) is 5.94. The highest BCUT2D eigenvalue weighted by atomic mass is 32.2. The molecule has 0 bridgehead atoms.